The van der Waals surface area contributed by atoms with Crippen molar-refractivity contribution >= 4 is 23.2 Å². The summed E-state index contributed by atoms with van der Waals surface area (Å²) in [5.41, 5.74) is 9.59. The second-order valence-corrected chi connectivity index (χ2v) is 4.69. The molecule has 16 heavy (non-hydrogen) atoms. The van der Waals surface area contributed by atoms with E-state index in [9.17, 15) is 9.59 Å². The fourth-order valence-corrected chi connectivity index (χ4v) is 2.73. The van der Waals surface area contributed by atoms with Crippen LogP contribution < -0.4 is 16.8 Å². The van der Waals surface area contributed by atoms with Gasteiger partial charge in [-0.05, 0) is 6.42 Å². The molecule has 0 aromatic carbocycles. The van der Waals surface area contributed by atoms with E-state index in [1.54, 1.807) is 11.6 Å². The van der Waals surface area contributed by atoms with Gasteiger partial charge in [-0.1, -0.05) is 0 Å². The monoisotopic (exact) mass is 240 g/mol. The number of carbonyl (C=O) groups is 2. The van der Waals surface area contributed by atoms with Crippen molar-refractivity contribution in [3.05, 3.63) is 16.6 Å². The number of aromatic nitrogens is 1. The SMILES string of the molecule is NC(=O)C1CNC(C(N)=O)(c2nccs2)C1. The third-order valence-electron chi connectivity index (χ3n) is 2.82. The van der Waals surface area contributed by atoms with Crippen LogP contribution in [0.15, 0.2) is 11.6 Å². The normalized spacial score (nSPS) is 29.1. The Morgan fingerprint density at radius 3 is 2.75 bits per heavy atom. The lowest BCUT2D eigenvalue weighted by molar-refractivity contribution is -0.124. The van der Waals surface area contributed by atoms with Gasteiger partial charge in [0, 0.05) is 18.1 Å². The molecular formula is C9H12N4O2S. The molecule has 86 valence electrons. The number of nitrogens with zero attached hydrogens (tertiary/aromatic N) is 1. The summed E-state index contributed by atoms with van der Waals surface area (Å²) in [6, 6.07) is 0. The maximum absolute atomic E-state index is 11.6. The summed E-state index contributed by atoms with van der Waals surface area (Å²) >= 11 is 1.33. The number of hydrogen-bond acceptors (Lipinski definition) is 5. The molecule has 0 bridgehead atoms. The summed E-state index contributed by atoms with van der Waals surface area (Å²) in [6.45, 7) is 0.359. The molecule has 0 radical (unpaired) electrons. The molecule has 0 saturated carbocycles. The smallest absolute Gasteiger partial charge is 0.244 e. The molecule has 0 spiro atoms. The lowest BCUT2D eigenvalue weighted by atomic mass is 9.92. The van der Waals surface area contributed by atoms with Crippen molar-refractivity contribution in [1.82, 2.24) is 10.3 Å². The predicted molar refractivity (Wildman–Crippen MR) is 58.3 cm³/mol. The fourth-order valence-electron chi connectivity index (χ4n) is 1.90. The van der Waals surface area contributed by atoms with Gasteiger partial charge in [0.1, 0.15) is 5.01 Å². The van der Waals surface area contributed by atoms with Crippen LogP contribution in [-0.2, 0) is 15.1 Å². The minimum atomic E-state index is -1.03. The zero-order valence-corrected chi connectivity index (χ0v) is 9.29. The Kier molecular flexibility index (Phi) is 2.64. The van der Waals surface area contributed by atoms with Gasteiger partial charge in [-0.3, -0.25) is 14.9 Å². The van der Waals surface area contributed by atoms with Gasteiger partial charge in [-0.25, -0.2) is 4.98 Å². The number of amides is 2. The maximum Gasteiger partial charge on any atom is 0.244 e. The Morgan fingerprint density at radius 1 is 1.56 bits per heavy atom. The molecule has 2 atom stereocenters. The largest absolute Gasteiger partial charge is 0.369 e. The van der Waals surface area contributed by atoms with Gasteiger partial charge in [-0.2, -0.15) is 0 Å². The number of hydrogen-bond donors (Lipinski definition) is 3. The molecule has 2 unspecified atom stereocenters. The van der Waals surface area contributed by atoms with E-state index >= 15 is 0 Å². The van der Waals surface area contributed by atoms with Crippen LogP contribution in [0.5, 0.6) is 0 Å². The molecule has 1 fully saturated rings. The van der Waals surface area contributed by atoms with Gasteiger partial charge >= 0.3 is 0 Å². The maximum atomic E-state index is 11.6. The summed E-state index contributed by atoms with van der Waals surface area (Å²) in [6.07, 6.45) is 1.88. The zero-order valence-electron chi connectivity index (χ0n) is 8.47. The highest BCUT2D eigenvalue weighted by molar-refractivity contribution is 7.09. The average molecular weight is 240 g/mol. The van der Waals surface area contributed by atoms with Crippen molar-refractivity contribution < 1.29 is 9.59 Å². The number of thiazole rings is 1. The van der Waals surface area contributed by atoms with E-state index in [0.717, 1.165) is 0 Å². The highest BCUT2D eigenvalue weighted by atomic mass is 32.1. The van der Waals surface area contributed by atoms with E-state index in [0.29, 0.717) is 11.6 Å². The summed E-state index contributed by atoms with van der Waals surface area (Å²) < 4.78 is 0. The highest BCUT2D eigenvalue weighted by Gasteiger charge is 2.48. The van der Waals surface area contributed by atoms with E-state index in [1.807, 2.05) is 0 Å². The molecule has 5 N–H and O–H groups in total. The van der Waals surface area contributed by atoms with Crippen molar-refractivity contribution in [2.75, 3.05) is 6.54 Å². The molecule has 1 aromatic rings. The van der Waals surface area contributed by atoms with Crippen molar-refractivity contribution in [1.29, 1.82) is 0 Å². The van der Waals surface area contributed by atoms with Gasteiger partial charge < -0.3 is 11.5 Å². The first-order valence-corrected chi connectivity index (χ1v) is 5.68. The Labute approximate surface area is 96.0 Å². The van der Waals surface area contributed by atoms with E-state index in [-0.39, 0.29) is 12.3 Å². The van der Waals surface area contributed by atoms with E-state index < -0.39 is 17.4 Å². The minimum Gasteiger partial charge on any atom is -0.369 e. The third kappa shape index (κ3) is 1.57. The fraction of sp³-hybridized carbons (Fsp3) is 0.444. The Balaban J connectivity index is 2.33. The Morgan fingerprint density at radius 2 is 2.31 bits per heavy atom. The number of nitrogens with one attached hydrogen (secondary N) is 1. The number of nitrogens with two attached hydrogens (primary N) is 2. The first-order chi connectivity index (χ1) is 7.56. The van der Waals surface area contributed by atoms with Crippen molar-refractivity contribution in [3.8, 4) is 0 Å². The van der Waals surface area contributed by atoms with Crippen molar-refractivity contribution in [3.63, 3.8) is 0 Å². The quantitative estimate of drug-likeness (QED) is 0.624. The van der Waals surface area contributed by atoms with E-state index in [2.05, 4.69) is 10.3 Å². The van der Waals surface area contributed by atoms with Crippen LogP contribution in [0.2, 0.25) is 0 Å². The summed E-state index contributed by atoms with van der Waals surface area (Å²) in [4.78, 5) is 26.7. The number of rotatable bonds is 3. The first kappa shape index (κ1) is 11.0. The predicted octanol–water partition coefficient (Wildman–Crippen LogP) is -1.08. The number of primary amides is 2. The van der Waals surface area contributed by atoms with Gasteiger partial charge in [0.05, 0.1) is 5.92 Å². The molecule has 1 aliphatic rings. The molecule has 2 heterocycles. The molecule has 1 saturated heterocycles. The van der Waals surface area contributed by atoms with E-state index in [4.69, 9.17) is 11.5 Å². The summed E-state index contributed by atoms with van der Waals surface area (Å²) in [7, 11) is 0. The second kappa shape index (κ2) is 3.84. The van der Waals surface area contributed by atoms with Crippen LogP contribution in [0.25, 0.3) is 0 Å². The van der Waals surface area contributed by atoms with Gasteiger partial charge in [0.25, 0.3) is 0 Å². The number of carbonyl (C=O) groups excluding carboxylic acids is 2. The molecule has 1 aliphatic heterocycles. The van der Waals surface area contributed by atoms with Crippen LogP contribution in [-0.4, -0.2) is 23.3 Å². The highest BCUT2D eigenvalue weighted by Crippen LogP contribution is 2.34. The lowest BCUT2D eigenvalue weighted by Gasteiger charge is -2.22. The molecule has 6 nitrogen and oxygen atoms in total. The summed E-state index contributed by atoms with van der Waals surface area (Å²) in [5, 5.41) is 5.33. The molecule has 2 amide bonds. The minimum absolute atomic E-state index is 0.283. The van der Waals surface area contributed by atoms with Crippen LogP contribution in [0, 0.1) is 5.92 Å². The van der Waals surface area contributed by atoms with E-state index in [1.165, 1.54) is 11.3 Å². The van der Waals surface area contributed by atoms with Crippen molar-refractivity contribution in [2.45, 2.75) is 12.0 Å². The topological polar surface area (TPSA) is 111 Å². The van der Waals surface area contributed by atoms with Crippen LogP contribution >= 0.6 is 11.3 Å². The molecule has 7 heteroatoms. The van der Waals surface area contributed by atoms with Gasteiger partial charge in [0.15, 0.2) is 5.54 Å². The third-order valence-corrected chi connectivity index (χ3v) is 3.76. The second-order valence-electron chi connectivity index (χ2n) is 3.79. The first-order valence-electron chi connectivity index (χ1n) is 4.80. The van der Waals surface area contributed by atoms with Gasteiger partial charge in [-0.15, -0.1) is 11.3 Å². The standard InChI is InChI=1S/C9H12N4O2S/c10-6(14)5-3-9(7(11)15,13-4-5)8-12-1-2-16-8/h1-2,5,13H,3-4H2,(H2,10,14)(H2,11,15). The zero-order chi connectivity index (χ0) is 11.8. The lowest BCUT2D eigenvalue weighted by Crippen LogP contribution is -2.48. The van der Waals surface area contributed by atoms with Crippen LogP contribution in [0.1, 0.15) is 11.4 Å². The average Bonchev–Trinajstić information content (AvgIpc) is 2.87. The summed E-state index contributed by atoms with van der Waals surface area (Å²) in [5.74, 6) is -1.32. The van der Waals surface area contributed by atoms with Gasteiger partial charge in [0.2, 0.25) is 11.8 Å². The van der Waals surface area contributed by atoms with Crippen LogP contribution in [0.3, 0.4) is 0 Å². The molecule has 2 rings (SSSR count). The Hall–Kier alpha value is -1.47. The molecule has 0 aliphatic carbocycles. The van der Waals surface area contributed by atoms with Crippen LogP contribution in [0.4, 0.5) is 0 Å². The van der Waals surface area contributed by atoms with Crippen molar-refractivity contribution in [2.24, 2.45) is 17.4 Å². The molecular weight excluding hydrogens is 228 g/mol. The molecule has 1 aromatic heterocycles. The Bertz CT molecular complexity index is 419.